The second-order valence-electron chi connectivity index (χ2n) is 4.50. The van der Waals surface area contributed by atoms with E-state index in [1.165, 1.54) is 31.9 Å². The molecule has 1 fully saturated rings. The summed E-state index contributed by atoms with van der Waals surface area (Å²) in [6.07, 6.45) is 4.13. The van der Waals surface area contributed by atoms with Crippen LogP contribution in [0, 0.1) is 0 Å². The quantitative estimate of drug-likeness (QED) is 0.813. The van der Waals surface area contributed by atoms with Gasteiger partial charge in [-0.3, -0.25) is 4.79 Å². The molecule has 0 spiro atoms. The van der Waals surface area contributed by atoms with Crippen LogP contribution in [0.2, 0.25) is 0 Å². The Labute approximate surface area is 102 Å². The molecule has 1 aliphatic rings. The van der Waals surface area contributed by atoms with E-state index in [4.69, 9.17) is 0 Å². The summed E-state index contributed by atoms with van der Waals surface area (Å²) in [5.74, 6) is -0.187. The highest BCUT2D eigenvalue weighted by Gasteiger charge is 2.14. The minimum absolute atomic E-state index is 0.187. The number of hydrogen-bond donors (Lipinski definition) is 1. The minimum atomic E-state index is -0.187. The molecule has 2 rings (SSSR count). The summed E-state index contributed by atoms with van der Waals surface area (Å²) in [5, 5.41) is 3.52. The van der Waals surface area contributed by atoms with Gasteiger partial charge in [0.25, 0.3) is 0 Å². The highest BCUT2D eigenvalue weighted by Crippen LogP contribution is 2.23. The Bertz CT molecular complexity index is 366. The van der Waals surface area contributed by atoms with Crippen LogP contribution in [-0.2, 0) is 16.0 Å². The lowest BCUT2D eigenvalue weighted by atomic mass is 9.96. The number of piperidine rings is 1. The molecule has 0 amide bonds. The third kappa shape index (κ3) is 3.30. The van der Waals surface area contributed by atoms with E-state index in [0.29, 0.717) is 12.5 Å². The van der Waals surface area contributed by atoms with Crippen LogP contribution in [0.4, 0.5) is 0 Å². The molecule has 0 radical (unpaired) electrons. The largest absolute Gasteiger partial charge is 0.469 e. The maximum absolute atomic E-state index is 11.1. The first kappa shape index (κ1) is 12.1. The minimum Gasteiger partial charge on any atom is -0.469 e. The molecule has 1 saturated heterocycles. The van der Waals surface area contributed by atoms with E-state index in [1.807, 2.05) is 12.1 Å². The van der Waals surface area contributed by atoms with Crippen LogP contribution in [0.25, 0.3) is 0 Å². The van der Waals surface area contributed by atoms with Gasteiger partial charge in [0.05, 0.1) is 13.5 Å². The normalized spacial score (nSPS) is 19.9. The van der Waals surface area contributed by atoms with E-state index in [9.17, 15) is 4.79 Å². The number of benzene rings is 1. The van der Waals surface area contributed by atoms with E-state index in [2.05, 4.69) is 22.2 Å². The van der Waals surface area contributed by atoms with Crippen molar-refractivity contribution in [2.45, 2.75) is 31.7 Å². The van der Waals surface area contributed by atoms with Crippen molar-refractivity contribution in [1.82, 2.24) is 5.32 Å². The van der Waals surface area contributed by atoms with Crippen LogP contribution in [0.3, 0.4) is 0 Å². The molecule has 0 aliphatic carbocycles. The third-order valence-electron chi connectivity index (χ3n) is 3.27. The predicted octanol–water partition coefficient (Wildman–Crippen LogP) is 2.22. The van der Waals surface area contributed by atoms with E-state index in [0.717, 1.165) is 12.1 Å². The molecule has 1 aromatic carbocycles. The summed E-state index contributed by atoms with van der Waals surface area (Å²) < 4.78 is 4.65. The number of carbonyl (C=O) groups is 1. The smallest absolute Gasteiger partial charge is 0.309 e. The molecule has 0 bridgehead atoms. The number of nitrogens with one attached hydrogen (secondary N) is 1. The lowest BCUT2D eigenvalue weighted by Crippen LogP contribution is -2.26. The van der Waals surface area contributed by atoms with Crippen molar-refractivity contribution in [3.63, 3.8) is 0 Å². The van der Waals surface area contributed by atoms with Gasteiger partial charge in [0.15, 0.2) is 0 Å². The monoisotopic (exact) mass is 233 g/mol. The number of carbonyl (C=O) groups excluding carboxylic acids is 1. The van der Waals surface area contributed by atoms with Crippen molar-refractivity contribution >= 4 is 5.97 Å². The van der Waals surface area contributed by atoms with Gasteiger partial charge < -0.3 is 10.1 Å². The van der Waals surface area contributed by atoms with Crippen LogP contribution in [0.5, 0.6) is 0 Å². The van der Waals surface area contributed by atoms with Gasteiger partial charge in [0.1, 0.15) is 0 Å². The summed E-state index contributed by atoms with van der Waals surface area (Å²) in [7, 11) is 1.42. The predicted molar refractivity (Wildman–Crippen MR) is 66.8 cm³/mol. The topological polar surface area (TPSA) is 38.3 Å². The Kier molecular flexibility index (Phi) is 4.15. The molecule has 3 nitrogen and oxygen atoms in total. The Morgan fingerprint density at radius 1 is 1.35 bits per heavy atom. The molecule has 1 heterocycles. The summed E-state index contributed by atoms with van der Waals surface area (Å²) in [4.78, 5) is 11.1. The summed E-state index contributed by atoms with van der Waals surface area (Å²) in [6, 6.07) is 8.74. The van der Waals surface area contributed by atoms with Crippen LogP contribution >= 0.6 is 0 Å². The van der Waals surface area contributed by atoms with Crippen LogP contribution in [0.1, 0.15) is 36.4 Å². The molecule has 1 aliphatic heterocycles. The van der Waals surface area contributed by atoms with Crippen molar-refractivity contribution < 1.29 is 9.53 Å². The lowest BCUT2D eigenvalue weighted by Gasteiger charge is -2.23. The molecule has 3 heteroatoms. The average molecular weight is 233 g/mol. The first-order valence-electron chi connectivity index (χ1n) is 6.18. The van der Waals surface area contributed by atoms with Gasteiger partial charge in [-0.2, -0.15) is 0 Å². The molecular formula is C14H19NO2. The molecule has 0 saturated carbocycles. The summed E-state index contributed by atoms with van der Waals surface area (Å²) in [6.45, 7) is 1.11. The Morgan fingerprint density at radius 3 is 2.71 bits per heavy atom. The second kappa shape index (κ2) is 5.82. The van der Waals surface area contributed by atoms with E-state index < -0.39 is 0 Å². The zero-order valence-corrected chi connectivity index (χ0v) is 10.2. The third-order valence-corrected chi connectivity index (χ3v) is 3.27. The fourth-order valence-electron chi connectivity index (χ4n) is 2.24. The second-order valence-corrected chi connectivity index (χ2v) is 4.50. The molecule has 1 aromatic rings. The Hall–Kier alpha value is -1.35. The van der Waals surface area contributed by atoms with Crippen LogP contribution in [-0.4, -0.2) is 19.6 Å². The van der Waals surface area contributed by atoms with Crippen molar-refractivity contribution in [2.75, 3.05) is 13.7 Å². The maximum atomic E-state index is 11.1. The lowest BCUT2D eigenvalue weighted by molar-refractivity contribution is -0.139. The van der Waals surface area contributed by atoms with Gasteiger partial charge >= 0.3 is 5.97 Å². The average Bonchev–Trinajstić information content (AvgIpc) is 2.40. The Balaban J connectivity index is 1.99. The Morgan fingerprint density at radius 2 is 2.12 bits per heavy atom. The standard InChI is InChI=1S/C14H19NO2/c1-17-14(16)10-11-5-7-12(8-6-11)13-4-2-3-9-15-13/h5-8,13,15H,2-4,9-10H2,1H3/t13-/m1/s1. The number of rotatable bonds is 3. The molecular weight excluding hydrogens is 214 g/mol. The molecule has 17 heavy (non-hydrogen) atoms. The highest BCUT2D eigenvalue weighted by molar-refractivity contribution is 5.72. The van der Waals surface area contributed by atoms with E-state index in [-0.39, 0.29) is 5.97 Å². The molecule has 0 aromatic heterocycles. The summed E-state index contributed by atoms with van der Waals surface area (Å²) in [5.41, 5.74) is 2.33. The molecule has 1 N–H and O–H groups in total. The van der Waals surface area contributed by atoms with Gasteiger partial charge in [-0.05, 0) is 30.5 Å². The number of ether oxygens (including phenoxy) is 1. The van der Waals surface area contributed by atoms with Crippen LogP contribution in [0.15, 0.2) is 24.3 Å². The molecule has 1 atom stereocenters. The van der Waals surface area contributed by atoms with Crippen LogP contribution < -0.4 is 5.32 Å². The maximum Gasteiger partial charge on any atom is 0.309 e. The first-order chi connectivity index (χ1) is 8.29. The number of hydrogen-bond acceptors (Lipinski definition) is 3. The van der Waals surface area contributed by atoms with Gasteiger partial charge in [-0.25, -0.2) is 0 Å². The van der Waals surface area contributed by atoms with Gasteiger partial charge in [0, 0.05) is 6.04 Å². The first-order valence-corrected chi connectivity index (χ1v) is 6.18. The number of methoxy groups -OCH3 is 1. The van der Waals surface area contributed by atoms with Gasteiger partial charge in [-0.1, -0.05) is 30.7 Å². The zero-order chi connectivity index (χ0) is 12.1. The number of esters is 1. The van der Waals surface area contributed by atoms with Crippen molar-refractivity contribution in [3.05, 3.63) is 35.4 Å². The van der Waals surface area contributed by atoms with E-state index >= 15 is 0 Å². The van der Waals surface area contributed by atoms with Crippen molar-refractivity contribution in [3.8, 4) is 0 Å². The fraction of sp³-hybridized carbons (Fsp3) is 0.500. The van der Waals surface area contributed by atoms with Gasteiger partial charge in [-0.15, -0.1) is 0 Å². The highest BCUT2D eigenvalue weighted by atomic mass is 16.5. The SMILES string of the molecule is COC(=O)Cc1ccc([C@H]2CCCCN2)cc1. The van der Waals surface area contributed by atoms with Gasteiger partial charge in [0.2, 0.25) is 0 Å². The van der Waals surface area contributed by atoms with Crippen molar-refractivity contribution in [1.29, 1.82) is 0 Å². The summed E-state index contributed by atoms with van der Waals surface area (Å²) >= 11 is 0. The molecule has 92 valence electrons. The molecule has 0 unspecified atom stereocenters. The zero-order valence-electron chi connectivity index (χ0n) is 10.2. The van der Waals surface area contributed by atoms with Crippen molar-refractivity contribution in [2.24, 2.45) is 0 Å². The van der Waals surface area contributed by atoms with E-state index in [1.54, 1.807) is 0 Å². The fourth-order valence-corrected chi connectivity index (χ4v) is 2.24.